The molecule has 2 amide bonds. The van der Waals surface area contributed by atoms with Crippen molar-refractivity contribution < 1.29 is 18.8 Å². The third-order valence-corrected chi connectivity index (χ3v) is 4.21. The highest BCUT2D eigenvalue weighted by atomic mass is 16.5. The molecule has 1 aliphatic rings. The predicted octanol–water partition coefficient (Wildman–Crippen LogP) is 1.70. The number of anilines is 1. The van der Waals surface area contributed by atoms with E-state index >= 15 is 0 Å². The van der Waals surface area contributed by atoms with Crippen LogP contribution in [0.3, 0.4) is 0 Å². The molecular formula is C18H21N3O4. The summed E-state index contributed by atoms with van der Waals surface area (Å²) in [4.78, 5) is 26.2. The first-order valence-corrected chi connectivity index (χ1v) is 8.21. The maximum Gasteiger partial charge on any atom is 0.227 e. The SMILES string of the molecule is COc1cccc(N2C[C@@H](C(=O)NCCc3cc(C)no3)CC2=O)c1. The van der Waals surface area contributed by atoms with Gasteiger partial charge < -0.3 is 19.5 Å². The summed E-state index contributed by atoms with van der Waals surface area (Å²) in [5, 5.41) is 6.68. The first-order chi connectivity index (χ1) is 12.1. The van der Waals surface area contributed by atoms with Crippen LogP contribution in [0.5, 0.6) is 5.75 Å². The van der Waals surface area contributed by atoms with Gasteiger partial charge in [0.2, 0.25) is 11.8 Å². The maximum atomic E-state index is 12.3. The number of methoxy groups -OCH3 is 1. The van der Waals surface area contributed by atoms with Gasteiger partial charge in [0.15, 0.2) is 0 Å². The van der Waals surface area contributed by atoms with E-state index in [1.54, 1.807) is 18.1 Å². The number of carbonyl (C=O) groups is 2. The van der Waals surface area contributed by atoms with E-state index in [9.17, 15) is 9.59 Å². The normalized spacial score (nSPS) is 17.0. The lowest BCUT2D eigenvalue weighted by molar-refractivity contribution is -0.126. The molecule has 25 heavy (non-hydrogen) atoms. The number of aromatic nitrogens is 1. The van der Waals surface area contributed by atoms with Gasteiger partial charge in [-0.3, -0.25) is 9.59 Å². The van der Waals surface area contributed by atoms with E-state index < -0.39 is 0 Å². The van der Waals surface area contributed by atoms with Gasteiger partial charge in [-0.1, -0.05) is 11.2 Å². The van der Waals surface area contributed by atoms with Crippen molar-refractivity contribution in [3.05, 3.63) is 41.8 Å². The third kappa shape index (κ3) is 3.99. The van der Waals surface area contributed by atoms with Crippen molar-refractivity contribution in [3.63, 3.8) is 0 Å². The predicted molar refractivity (Wildman–Crippen MR) is 91.4 cm³/mol. The summed E-state index contributed by atoms with van der Waals surface area (Å²) >= 11 is 0. The van der Waals surface area contributed by atoms with Crippen LogP contribution in [0.2, 0.25) is 0 Å². The van der Waals surface area contributed by atoms with Gasteiger partial charge >= 0.3 is 0 Å². The van der Waals surface area contributed by atoms with Crippen molar-refractivity contribution >= 4 is 17.5 Å². The average Bonchev–Trinajstić information content (AvgIpc) is 3.20. The Bertz CT molecular complexity index is 771. The standard InChI is InChI=1S/C18H21N3O4/c1-12-8-16(25-20-12)6-7-19-18(23)13-9-17(22)21(11-13)14-4-3-5-15(10-14)24-2/h3-5,8,10,13H,6-7,9,11H2,1-2H3,(H,19,23)/t13-/m0/s1. The molecule has 1 fully saturated rings. The Labute approximate surface area is 145 Å². The van der Waals surface area contributed by atoms with Crippen LogP contribution in [0, 0.1) is 12.8 Å². The van der Waals surface area contributed by atoms with E-state index in [4.69, 9.17) is 9.26 Å². The monoisotopic (exact) mass is 343 g/mol. The molecule has 0 bridgehead atoms. The summed E-state index contributed by atoms with van der Waals surface area (Å²) in [6.07, 6.45) is 0.789. The first-order valence-electron chi connectivity index (χ1n) is 8.21. The van der Waals surface area contributed by atoms with E-state index in [0.29, 0.717) is 25.3 Å². The molecule has 0 aliphatic carbocycles. The molecule has 0 radical (unpaired) electrons. The van der Waals surface area contributed by atoms with E-state index in [-0.39, 0.29) is 24.2 Å². The van der Waals surface area contributed by atoms with Crippen molar-refractivity contribution in [2.24, 2.45) is 5.92 Å². The third-order valence-electron chi connectivity index (χ3n) is 4.21. The molecule has 3 rings (SSSR count). The highest BCUT2D eigenvalue weighted by Crippen LogP contribution is 2.27. The van der Waals surface area contributed by atoms with E-state index in [2.05, 4.69) is 10.5 Å². The molecule has 1 aliphatic heterocycles. The van der Waals surface area contributed by atoms with Crippen LogP contribution in [0.25, 0.3) is 0 Å². The van der Waals surface area contributed by atoms with Crippen molar-refractivity contribution in [1.29, 1.82) is 0 Å². The minimum absolute atomic E-state index is 0.0562. The van der Waals surface area contributed by atoms with Gasteiger partial charge in [-0.25, -0.2) is 0 Å². The summed E-state index contributed by atoms with van der Waals surface area (Å²) in [6, 6.07) is 9.13. The van der Waals surface area contributed by atoms with Gasteiger partial charge in [0, 0.05) is 43.8 Å². The topological polar surface area (TPSA) is 84.7 Å². The van der Waals surface area contributed by atoms with Gasteiger partial charge in [0.1, 0.15) is 11.5 Å². The Morgan fingerprint density at radius 3 is 3.00 bits per heavy atom. The number of aryl methyl sites for hydroxylation is 1. The fourth-order valence-electron chi connectivity index (χ4n) is 2.90. The molecule has 1 N–H and O–H groups in total. The van der Waals surface area contributed by atoms with Gasteiger partial charge in [0.25, 0.3) is 0 Å². The zero-order chi connectivity index (χ0) is 17.8. The summed E-state index contributed by atoms with van der Waals surface area (Å²) in [6.45, 7) is 2.68. The van der Waals surface area contributed by atoms with Crippen LogP contribution in [0.15, 0.2) is 34.9 Å². The van der Waals surface area contributed by atoms with Crippen LogP contribution in [0.4, 0.5) is 5.69 Å². The highest BCUT2D eigenvalue weighted by molar-refractivity contribution is 6.00. The smallest absolute Gasteiger partial charge is 0.227 e. The second-order valence-corrected chi connectivity index (χ2v) is 6.08. The number of nitrogens with one attached hydrogen (secondary N) is 1. The molecule has 0 saturated carbocycles. The van der Waals surface area contributed by atoms with E-state index in [1.807, 2.05) is 31.2 Å². The van der Waals surface area contributed by atoms with Crippen LogP contribution >= 0.6 is 0 Å². The number of rotatable bonds is 6. The fourth-order valence-corrected chi connectivity index (χ4v) is 2.90. The molecular weight excluding hydrogens is 322 g/mol. The zero-order valence-electron chi connectivity index (χ0n) is 14.3. The average molecular weight is 343 g/mol. The molecule has 1 aromatic carbocycles. The minimum Gasteiger partial charge on any atom is -0.497 e. The van der Waals surface area contributed by atoms with Crippen molar-refractivity contribution in [2.45, 2.75) is 19.8 Å². The molecule has 0 spiro atoms. The van der Waals surface area contributed by atoms with Gasteiger partial charge in [-0.15, -0.1) is 0 Å². The quantitative estimate of drug-likeness (QED) is 0.863. The van der Waals surface area contributed by atoms with E-state index in [1.165, 1.54) is 0 Å². The van der Waals surface area contributed by atoms with E-state index in [0.717, 1.165) is 17.1 Å². The minimum atomic E-state index is -0.352. The van der Waals surface area contributed by atoms with Crippen molar-refractivity contribution in [3.8, 4) is 5.75 Å². The second kappa shape index (κ2) is 7.38. The maximum absolute atomic E-state index is 12.3. The van der Waals surface area contributed by atoms with Crippen LogP contribution in [-0.2, 0) is 16.0 Å². The largest absolute Gasteiger partial charge is 0.497 e. The van der Waals surface area contributed by atoms with Crippen LogP contribution in [-0.4, -0.2) is 37.2 Å². The Hall–Kier alpha value is -2.83. The van der Waals surface area contributed by atoms with Crippen LogP contribution in [0.1, 0.15) is 17.9 Å². The van der Waals surface area contributed by atoms with Crippen molar-refractivity contribution in [2.75, 3.05) is 25.1 Å². The lowest BCUT2D eigenvalue weighted by Gasteiger charge is -2.17. The molecule has 7 nitrogen and oxygen atoms in total. The van der Waals surface area contributed by atoms with Gasteiger partial charge in [-0.2, -0.15) is 0 Å². The second-order valence-electron chi connectivity index (χ2n) is 6.08. The number of hydrogen-bond donors (Lipinski definition) is 1. The number of carbonyl (C=O) groups excluding carboxylic acids is 2. The Morgan fingerprint density at radius 1 is 1.44 bits per heavy atom. The number of ether oxygens (including phenoxy) is 1. The molecule has 132 valence electrons. The van der Waals surface area contributed by atoms with Crippen LogP contribution < -0.4 is 15.0 Å². The molecule has 1 atom stereocenters. The first kappa shape index (κ1) is 17.0. The zero-order valence-corrected chi connectivity index (χ0v) is 14.3. The van der Waals surface area contributed by atoms with Gasteiger partial charge in [0.05, 0.1) is 18.7 Å². The fraction of sp³-hybridized carbons (Fsp3) is 0.389. The number of benzene rings is 1. The lowest BCUT2D eigenvalue weighted by atomic mass is 10.1. The lowest BCUT2D eigenvalue weighted by Crippen LogP contribution is -2.34. The molecule has 1 saturated heterocycles. The van der Waals surface area contributed by atoms with Gasteiger partial charge in [-0.05, 0) is 19.1 Å². The molecule has 2 aromatic rings. The molecule has 2 heterocycles. The summed E-state index contributed by atoms with van der Waals surface area (Å²) in [5.41, 5.74) is 1.56. The Morgan fingerprint density at radius 2 is 2.28 bits per heavy atom. The Balaban J connectivity index is 1.55. The van der Waals surface area contributed by atoms with Crippen molar-refractivity contribution in [1.82, 2.24) is 10.5 Å². The highest BCUT2D eigenvalue weighted by Gasteiger charge is 2.35. The summed E-state index contributed by atoms with van der Waals surface area (Å²) in [5.74, 6) is 0.892. The molecule has 1 aromatic heterocycles. The molecule has 0 unspecified atom stereocenters. The number of nitrogens with zero attached hydrogens (tertiary/aromatic N) is 2. The number of hydrogen-bond acceptors (Lipinski definition) is 5. The summed E-state index contributed by atoms with van der Waals surface area (Å²) in [7, 11) is 1.58. The Kier molecular flexibility index (Phi) is 5.02. The molecule has 7 heteroatoms. The number of amides is 2. The summed E-state index contributed by atoms with van der Waals surface area (Å²) < 4.78 is 10.3.